The van der Waals surface area contributed by atoms with Crippen LogP contribution >= 0.6 is 0 Å². The van der Waals surface area contributed by atoms with Gasteiger partial charge in [-0.3, -0.25) is 4.55 Å². The van der Waals surface area contributed by atoms with Crippen LogP contribution in [0.15, 0.2) is 34.7 Å². The lowest BCUT2D eigenvalue weighted by Gasteiger charge is -2.53. The van der Waals surface area contributed by atoms with Crippen LogP contribution in [0.4, 0.5) is 0 Å². The minimum absolute atomic E-state index is 0.0443. The van der Waals surface area contributed by atoms with E-state index in [2.05, 4.69) is 33.8 Å². The van der Waals surface area contributed by atoms with Crippen LogP contribution in [0.25, 0.3) is 0 Å². The summed E-state index contributed by atoms with van der Waals surface area (Å²) in [7, 11) is -4.42. The predicted molar refractivity (Wildman–Crippen MR) is 123 cm³/mol. The van der Waals surface area contributed by atoms with Gasteiger partial charge in [0.15, 0.2) is 0 Å². The fraction of sp³-hybridized carbons (Fsp3) is 0.760. The SMILES string of the molecule is C[C@H]1CC[C@H]2C(=CCCC2(C)C)[C@@]1(C)CC[C@H](CCCc1ccoc1)COS(=O)(=O)O. The van der Waals surface area contributed by atoms with Crippen molar-refractivity contribution in [3.8, 4) is 0 Å². The minimum Gasteiger partial charge on any atom is -0.472 e. The van der Waals surface area contributed by atoms with Crippen molar-refractivity contribution >= 4 is 10.4 Å². The average Bonchev–Trinajstić information content (AvgIpc) is 3.19. The van der Waals surface area contributed by atoms with Gasteiger partial charge >= 0.3 is 10.4 Å². The highest BCUT2D eigenvalue weighted by Gasteiger charge is 2.47. The van der Waals surface area contributed by atoms with Crippen molar-refractivity contribution in [2.24, 2.45) is 28.6 Å². The Labute approximate surface area is 188 Å². The van der Waals surface area contributed by atoms with Gasteiger partial charge in [0.05, 0.1) is 19.1 Å². The van der Waals surface area contributed by atoms with Gasteiger partial charge in [-0.1, -0.05) is 39.3 Å². The molecule has 6 heteroatoms. The van der Waals surface area contributed by atoms with E-state index >= 15 is 0 Å². The van der Waals surface area contributed by atoms with Crippen LogP contribution in [0.5, 0.6) is 0 Å². The Morgan fingerprint density at radius 3 is 2.71 bits per heavy atom. The molecule has 2 aliphatic carbocycles. The molecule has 31 heavy (non-hydrogen) atoms. The first-order valence-electron chi connectivity index (χ1n) is 11.8. The molecule has 0 unspecified atom stereocenters. The monoisotopic (exact) mass is 452 g/mol. The Hall–Kier alpha value is -1.11. The number of hydrogen-bond donors (Lipinski definition) is 1. The number of aryl methyl sites for hydroxylation is 1. The maximum atomic E-state index is 11.2. The molecule has 0 bridgehead atoms. The van der Waals surface area contributed by atoms with Gasteiger partial charge in [-0.15, -0.1) is 0 Å². The molecule has 0 aliphatic heterocycles. The van der Waals surface area contributed by atoms with E-state index in [1.807, 2.05) is 6.07 Å². The number of rotatable bonds is 10. The van der Waals surface area contributed by atoms with Crippen LogP contribution < -0.4 is 0 Å². The third-order valence-corrected chi connectivity index (χ3v) is 8.72. The highest BCUT2D eigenvalue weighted by atomic mass is 32.3. The van der Waals surface area contributed by atoms with E-state index < -0.39 is 10.4 Å². The van der Waals surface area contributed by atoms with Crippen LogP contribution in [0.3, 0.4) is 0 Å². The molecule has 0 amide bonds. The Morgan fingerprint density at radius 2 is 2.03 bits per heavy atom. The van der Waals surface area contributed by atoms with E-state index in [9.17, 15) is 8.42 Å². The molecule has 3 rings (SSSR count). The van der Waals surface area contributed by atoms with Crippen molar-refractivity contribution in [2.75, 3.05) is 6.61 Å². The van der Waals surface area contributed by atoms with Gasteiger partial charge < -0.3 is 4.42 Å². The van der Waals surface area contributed by atoms with Crippen molar-refractivity contribution < 1.29 is 21.6 Å². The van der Waals surface area contributed by atoms with Crippen LogP contribution in [0.2, 0.25) is 0 Å². The Kier molecular flexibility index (Phi) is 7.75. The zero-order chi connectivity index (χ0) is 22.7. The Bertz CT molecular complexity index is 839. The summed E-state index contributed by atoms with van der Waals surface area (Å²) >= 11 is 0. The molecular formula is C25H40O5S. The number of fused-ring (bicyclic) bond motifs is 1. The highest BCUT2D eigenvalue weighted by Crippen LogP contribution is 2.58. The van der Waals surface area contributed by atoms with Gasteiger partial charge in [0, 0.05) is 0 Å². The molecule has 0 spiro atoms. The molecule has 1 N–H and O–H groups in total. The number of allylic oxidation sites excluding steroid dienone is 2. The molecule has 2 aliphatic rings. The van der Waals surface area contributed by atoms with Gasteiger partial charge in [0.1, 0.15) is 0 Å². The fourth-order valence-corrected chi connectivity index (χ4v) is 6.32. The van der Waals surface area contributed by atoms with E-state index in [0.29, 0.717) is 17.3 Å². The molecule has 4 atom stereocenters. The molecule has 1 saturated carbocycles. The van der Waals surface area contributed by atoms with Crippen LogP contribution in [0.1, 0.15) is 84.6 Å². The standard InChI is InChI=1S/C25H40O5S/c1-19-10-11-22-23(9-6-14-24(22,2)3)25(19,4)15-12-20(18-30-31(26,27)28)7-5-8-21-13-16-29-17-21/h9,13,16-17,19-20,22H,5-8,10-12,14-15,18H2,1-4H3,(H,26,27,28)/t19-,20-,22-,25-/m0/s1. The Morgan fingerprint density at radius 1 is 1.26 bits per heavy atom. The molecule has 0 radical (unpaired) electrons. The lowest BCUT2D eigenvalue weighted by molar-refractivity contribution is 0.0728. The molecule has 1 fully saturated rings. The molecule has 0 aromatic carbocycles. The second kappa shape index (κ2) is 9.80. The van der Waals surface area contributed by atoms with Crippen LogP contribution in [0, 0.1) is 28.6 Å². The van der Waals surface area contributed by atoms with Gasteiger partial charge in [0.2, 0.25) is 0 Å². The first-order valence-corrected chi connectivity index (χ1v) is 13.2. The maximum absolute atomic E-state index is 11.2. The summed E-state index contributed by atoms with van der Waals surface area (Å²) in [6, 6.07) is 1.96. The molecule has 176 valence electrons. The lowest BCUT2D eigenvalue weighted by atomic mass is 9.52. The minimum atomic E-state index is -4.42. The van der Waals surface area contributed by atoms with Gasteiger partial charge in [-0.05, 0) is 98.0 Å². The van der Waals surface area contributed by atoms with Crippen molar-refractivity contribution in [3.05, 3.63) is 35.8 Å². The third kappa shape index (κ3) is 6.23. The second-order valence-corrected chi connectivity index (χ2v) is 11.9. The van der Waals surface area contributed by atoms with E-state index in [1.165, 1.54) is 19.3 Å². The summed E-state index contributed by atoms with van der Waals surface area (Å²) in [5, 5.41) is 0. The van der Waals surface area contributed by atoms with Crippen molar-refractivity contribution in [1.29, 1.82) is 0 Å². The quantitative estimate of drug-likeness (QED) is 0.319. The summed E-state index contributed by atoms with van der Waals surface area (Å²) < 4.78 is 41.4. The molecule has 5 nitrogen and oxygen atoms in total. The summed E-state index contributed by atoms with van der Waals surface area (Å²) in [6.07, 6.45) is 15.5. The first-order chi connectivity index (χ1) is 14.5. The number of furan rings is 1. The fourth-order valence-electron chi connectivity index (χ4n) is 5.95. The summed E-state index contributed by atoms with van der Waals surface area (Å²) in [5.41, 5.74) is 3.28. The lowest BCUT2D eigenvalue weighted by Crippen LogP contribution is -2.43. The Balaban J connectivity index is 1.67. The average molecular weight is 453 g/mol. The van der Waals surface area contributed by atoms with E-state index in [0.717, 1.165) is 44.1 Å². The first kappa shape index (κ1) is 24.5. The van der Waals surface area contributed by atoms with Crippen molar-refractivity contribution in [2.45, 2.75) is 85.5 Å². The van der Waals surface area contributed by atoms with E-state index in [-0.39, 0.29) is 17.9 Å². The molecule has 1 aromatic rings. The van der Waals surface area contributed by atoms with Gasteiger partial charge in [-0.2, -0.15) is 8.42 Å². The largest absolute Gasteiger partial charge is 0.472 e. The van der Waals surface area contributed by atoms with Gasteiger partial charge in [-0.25, -0.2) is 4.18 Å². The van der Waals surface area contributed by atoms with Crippen molar-refractivity contribution in [1.82, 2.24) is 0 Å². The van der Waals surface area contributed by atoms with E-state index in [1.54, 1.807) is 18.1 Å². The normalized spacial score (nSPS) is 29.3. The summed E-state index contributed by atoms with van der Waals surface area (Å²) in [5.74, 6) is 1.35. The number of hydrogen-bond acceptors (Lipinski definition) is 4. The van der Waals surface area contributed by atoms with E-state index in [4.69, 9.17) is 13.2 Å². The predicted octanol–water partition coefficient (Wildman–Crippen LogP) is 6.62. The molecular weight excluding hydrogens is 412 g/mol. The zero-order valence-corrected chi connectivity index (χ0v) is 20.4. The van der Waals surface area contributed by atoms with Crippen LogP contribution in [-0.2, 0) is 21.0 Å². The van der Waals surface area contributed by atoms with Crippen molar-refractivity contribution in [3.63, 3.8) is 0 Å². The molecule has 1 aromatic heterocycles. The second-order valence-electron chi connectivity index (χ2n) is 10.8. The third-order valence-electron chi connectivity index (χ3n) is 8.29. The molecule has 1 heterocycles. The summed E-state index contributed by atoms with van der Waals surface area (Å²) in [4.78, 5) is 0. The van der Waals surface area contributed by atoms with Gasteiger partial charge in [0.25, 0.3) is 0 Å². The smallest absolute Gasteiger partial charge is 0.397 e. The molecule has 0 saturated heterocycles. The van der Waals surface area contributed by atoms with Crippen LogP contribution in [-0.4, -0.2) is 19.6 Å². The summed E-state index contributed by atoms with van der Waals surface area (Å²) in [6.45, 7) is 9.67. The maximum Gasteiger partial charge on any atom is 0.397 e. The zero-order valence-electron chi connectivity index (χ0n) is 19.6. The topological polar surface area (TPSA) is 76.7 Å². The highest BCUT2D eigenvalue weighted by molar-refractivity contribution is 7.80.